The van der Waals surface area contributed by atoms with E-state index in [0.29, 0.717) is 19.0 Å². The molecule has 3 aromatic heterocycles. The topological polar surface area (TPSA) is 86.2 Å². The number of hydrogen-bond acceptors (Lipinski definition) is 7. The third-order valence-electron chi connectivity index (χ3n) is 3.68. The lowest BCUT2D eigenvalue weighted by molar-refractivity contribution is 0.180. The van der Waals surface area contributed by atoms with Crippen LogP contribution in [0.5, 0.6) is 0 Å². The van der Waals surface area contributed by atoms with E-state index >= 15 is 0 Å². The van der Waals surface area contributed by atoms with Crippen LogP contribution in [0.2, 0.25) is 5.28 Å². The highest BCUT2D eigenvalue weighted by atomic mass is 35.5. The number of furan rings is 1. The van der Waals surface area contributed by atoms with Crippen molar-refractivity contribution in [2.24, 2.45) is 5.73 Å². The normalized spacial score (nSPS) is 12.7. The molecule has 0 amide bonds. The first-order chi connectivity index (χ1) is 11.6. The highest BCUT2D eigenvalue weighted by molar-refractivity contribution is 7.19. The quantitative estimate of drug-likeness (QED) is 0.623. The minimum Gasteiger partial charge on any atom is -0.467 e. The van der Waals surface area contributed by atoms with Crippen LogP contribution in [0.15, 0.2) is 22.8 Å². The molecule has 3 heterocycles. The minimum atomic E-state index is -0.0512. The van der Waals surface area contributed by atoms with E-state index in [9.17, 15) is 0 Å². The Hall–Kier alpha value is -1.67. The zero-order valence-electron chi connectivity index (χ0n) is 13.5. The molecule has 0 aliphatic rings. The molecule has 0 bridgehead atoms. The molecule has 0 radical (unpaired) electrons. The van der Waals surface area contributed by atoms with E-state index in [0.717, 1.165) is 28.0 Å². The van der Waals surface area contributed by atoms with Crippen molar-refractivity contribution >= 4 is 39.0 Å². The Morgan fingerprint density at radius 3 is 3.00 bits per heavy atom. The molecule has 128 valence electrons. The number of nitrogens with one attached hydrogen (secondary N) is 1. The lowest BCUT2D eigenvalue weighted by Crippen LogP contribution is -2.27. The van der Waals surface area contributed by atoms with E-state index < -0.39 is 0 Å². The number of anilines is 1. The highest BCUT2D eigenvalue weighted by Crippen LogP contribution is 2.35. The molecule has 1 unspecified atom stereocenters. The summed E-state index contributed by atoms with van der Waals surface area (Å²) in [6.07, 6.45) is 2.38. The third-order valence-corrected chi connectivity index (χ3v) is 5.15. The van der Waals surface area contributed by atoms with Crippen LogP contribution in [0.3, 0.4) is 0 Å². The van der Waals surface area contributed by atoms with Gasteiger partial charge in [-0.15, -0.1) is 11.3 Å². The Morgan fingerprint density at radius 1 is 1.46 bits per heavy atom. The van der Waals surface area contributed by atoms with Gasteiger partial charge in [0.1, 0.15) is 11.6 Å². The van der Waals surface area contributed by atoms with Gasteiger partial charge in [0.05, 0.1) is 29.6 Å². The van der Waals surface area contributed by atoms with E-state index in [2.05, 4.69) is 15.3 Å². The van der Waals surface area contributed by atoms with Crippen molar-refractivity contribution in [1.82, 2.24) is 9.97 Å². The van der Waals surface area contributed by atoms with Crippen molar-refractivity contribution in [1.29, 1.82) is 0 Å². The van der Waals surface area contributed by atoms with E-state index in [1.54, 1.807) is 24.7 Å². The van der Waals surface area contributed by atoms with Gasteiger partial charge in [-0.2, -0.15) is 4.98 Å². The fraction of sp³-hybridized carbons (Fsp3) is 0.375. The number of fused-ring (bicyclic) bond motifs is 1. The Bertz CT molecular complexity index is 819. The number of ether oxygens (including phenoxy) is 1. The smallest absolute Gasteiger partial charge is 0.224 e. The zero-order chi connectivity index (χ0) is 17.1. The zero-order valence-corrected chi connectivity index (χ0v) is 15.1. The summed E-state index contributed by atoms with van der Waals surface area (Å²) >= 11 is 7.73. The highest BCUT2D eigenvalue weighted by Gasteiger charge is 2.17. The number of halogens is 1. The van der Waals surface area contributed by atoms with Crippen molar-refractivity contribution in [3.8, 4) is 0 Å². The Labute approximate surface area is 149 Å². The molecular formula is C16H19ClN4O2S. The second-order valence-corrected chi connectivity index (χ2v) is 6.96. The molecule has 0 saturated heterocycles. The number of nitrogens with two attached hydrogens (primary N) is 1. The molecule has 3 aromatic rings. The summed E-state index contributed by atoms with van der Waals surface area (Å²) in [7, 11) is 1.65. The van der Waals surface area contributed by atoms with Crippen molar-refractivity contribution in [2.45, 2.75) is 25.9 Å². The Balaban J connectivity index is 1.91. The van der Waals surface area contributed by atoms with Crippen LogP contribution in [0, 0.1) is 6.92 Å². The van der Waals surface area contributed by atoms with E-state index in [1.165, 1.54) is 4.88 Å². The molecule has 0 fully saturated rings. The van der Waals surface area contributed by atoms with Gasteiger partial charge in [-0.1, -0.05) is 0 Å². The molecule has 0 saturated carbocycles. The van der Waals surface area contributed by atoms with Gasteiger partial charge >= 0.3 is 0 Å². The maximum atomic E-state index is 6.10. The predicted octanol–water partition coefficient (Wildman–Crippen LogP) is 3.37. The summed E-state index contributed by atoms with van der Waals surface area (Å²) in [5.74, 6) is 1.54. The van der Waals surface area contributed by atoms with Gasteiger partial charge in [0, 0.05) is 18.0 Å². The molecule has 0 aromatic carbocycles. The molecular weight excluding hydrogens is 348 g/mol. The number of nitrogens with zero attached hydrogens (tertiary/aromatic N) is 2. The lowest BCUT2D eigenvalue weighted by Gasteiger charge is -2.08. The molecule has 1 atom stereocenters. The van der Waals surface area contributed by atoms with Crippen LogP contribution in [-0.4, -0.2) is 29.7 Å². The van der Waals surface area contributed by atoms with Gasteiger partial charge in [-0.05, 0) is 42.6 Å². The molecule has 0 aliphatic heterocycles. The van der Waals surface area contributed by atoms with Crippen molar-refractivity contribution in [2.75, 3.05) is 19.0 Å². The van der Waals surface area contributed by atoms with Crippen LogP contribution in [0.1, 0.15) is 16.2 Å². The van der Waals surface area contributed by atoms with Crippen LogP contribution >= 0.6 is 22.9 Å². The number of rotatable bonds is 7. The van der Waals surface area contributed by atoms with Crippen LogP contribution in [0.4, 0.5) is 5.82 Å². The minimum absolute atomic E-state index is 0.0512. The van der Waals surface area contributed by atoms with Gasteiger partial charge in [-0.3, -0.25) is 0 Å². The first-order valence-corrected chi connectivity index (χ1v) is 8.74. The Morgan fingerprint density at radius 2 is 2.29 bits per heavy atom. The summed E-state index contributed by atoms with van der Waals surface area (Å²) < 4.78 is 11.4. The number of aromatic nitrogens is 2. The average molecular weight is 367 g/mol. The lowest BCUT2D eigenvalue weighted by atomic mass is 10.1. The largest absolute Gasteiger partial charge is 0.467 e. The first kappa shape index (κ1) is 17.2. The fourth-order valence-corrected chi connectivity index (χ4v) is 3.99. The van der Waals surface area contributed by atoms with Crippen LogP contribution in [-0.2, 0) is 17.7 Å². The predicted molar refractivity (Wildman–Crippen MR) is 96.8 cm³/mol. The second-order valence-electron chi connectivity index (χ2n) is 5.52. The summed E-state index contributed by atoms with van der Waals surface area (Å²) in [6.45, 7) is 3.09. The fourth-order valence-electron chi connectivity index (χ4n) is 2.52. The summed E-state index contributed by atoms with van der Waals surface area (Å²) in [6, 6.07) is 3.70. The molecule has 0 spiro atoms. The maximum absolute atomic E-state index is 6.10. The van der Waals surface area contributed by atoms with Crippen LogP contribution < -0.4 is 11.1 Å². The van der Waals surface area contributed by atoms with E-state index in [1.807, 2.05) is 19.1 Å². The molecule has 0 aliphatic carbocycles. The Kier molecular flexibility index (Phi) is 5.35. The van der Waals surface area contributed by atoms with Gasteiger partial charge < -0.3 is 20.2 Å². The van der Waals surface area contributed by atoms with Gasteiger partial charge in [0.25, 0.3) is 0 Å². The van der Waals surface area contributed by atoms with Crippen molar-refractivity contribution in [3.63, 3.8) is 0 Å². The van der Waals surface area contributed by atoms with Crippen LogP contribution in [0.25, 0.3) is 10.2 Å². The SMILES string of the molecule is COCC(N)Cc1sc2c(NCc3ccco3)nc(Cl)nc2c1C. The standard InChI is InChI=1S/C16H19ClN4O2S/c1-9-12(6-10(18)8-22-2)24-14-13(9)20-16(17)21-15(14)19-7-11-4-3-5-23-11/h3-5,10H,6-8,18H2,1-2H3,(H,19,20,21). The van der Waals surface area contributed by atoms with Crippen molar-refractivity contribution < 1.29 is 9.15 Å². The van der Waals surface area contributed by atoms with E-state index in [4.69, 9.17) is 26.5 Å². The summed E-state index contributed by atoms with van der Waals surface area (Å²) in [5.41, 5.74) is 8.04. The maximum Gasteiger partial charge on any atom is 0.224 e. The van der Waals surface area contributed by atoms with E-state index in [-0.39, 0.29) is 11.3 Å². The van der Waals surface area contributed by atoms with Gasteiger partial charge in [0.2, 0.25) is 5.28 Å². The number of methoxy groups -OCH3 is 1. The number of thiophene rings is 1. The average Bonchev–Trinajstić information content (AvgIpc) is 3.15. The first-order valence-electron chi connectivity index (χ1n) is 7.54. The number of aryl methyl sites for hydroxylation is 1. The summed E-state index contributed by atoms with van der Waals surface area (Å²) in [5, 5.41) is 3.50. The molecule has 6 nitrogen and oxygen atoms in total. The molecule has 24 heavy (non-hydrogen) atoms. The van der Waals surface area contributed by atoms with Gasteiger partial charge in [0.15, 0.2) is 0 Å². The van der Waals surface area contributed by atoms with Gasteiger partial charge in [-0.25, -0.2) is 4.98 Å². The summed E-state index contributed by atoms with van der Waals surface area (Å²) in [4.78, 5) is 9.88. The second kappa shape index (κ2) is 7.48. The third kappa shape index (κ3) is 3.70. The molecule has 3 N–H and O–H groups in total. The number of hydrogen-bond donors (Lipinski definition) is 2. The molecule has 3 rings (SSSR count). The molecule has 8 heteroatoms. The monoisotopic (exact) mass is 366 g/mol. The van der Waals surface area contributed by atoms with Crippen molar-refractivity contribution in [3.05, 3.63) is 39.9 Å².